The van der Waals surface area contributed by atoms with Gasteiger partial charge in [-0.3, -0.25) is 4.90 Å². The van der Waals surface area contributed by atoms with E-state index in [1.807, 2.05) is 30.3 Å². The van der Waals surface area contributed by atoms with Crippen molar-refractivity contribution >= 4 is 0 Å². The van der Waals surface area contributed by atoms with Crippen molar-refractivity contribution < 1.29 is 5.11 Å². The first-order valence-corrected chi connectivity index (χ1v) is 8.34. The summed E-state index contributed by atoms with van der Waals surface area (Å²) in [4.78, 5) is 4.71. The first-order valence-electron chi connectivity index (χ1n) is 8.34. The van der Waals surface area contributed by atoms with Gasteiger partial charge < -0.3 is 10.0 Å². The molecule has 23 heavy (non-hydrogen) atoms. The van der Waals surface area contributed by atoms with Gasteiger partial charge in [0.25, 0.3) is 0 Å². The molecule has 0 saturated carbocycles. The van der Waals surface area contributed by atoms with Crippen LogP contribution in [0.1, 0.15) is 16.7 Å². The first-order chi connectivity index (χ1) is 11.1. The Morgan fingerprint density at radius 1 is 0.870 bits per heavy atom. The molecule has 1 fully saturated rings. The topological polar surface area (TPSA) is 26.7 Å². The minimum absolute atomic E-state index is 0.633. The second-order valence-electron chi connectivity index (χ2n) is 6.67. The number of hydrogen-bond donors (Lipinski definition) is 1. The van der Waals surface area contributed by atoms with Crippen LogP contribution in [0.15, 0.2) is 54.6 Å². The molecule has 1 N–H and O–H groups in total. The van der Waals surface area contributed by atoms with E-state index < -0.39 is 5.60 Å². The van der Waals surface area contributed by atoms with Crippen LogP contribution >= 0.6 is 0 Å². The molecule has 0 aromatic heterocycles. The highest BCUT2D eigenvalue weighted by atomic mass is 16.3. The molecule has 1 heterocycles. The molecule has 3 heteroatoms. The maximum Gasteiger partial charge on any atom is 0.127 e. The Hall–Kier alpha value is -1.68. The summed E-state index contributed by atoms with van der Waals surface area (Å²) in [6.07, 6.45) is 0. The van der Waals surface area contributed by atoms with E-state index in [0.717, 1.165) is 37.3 Å². The second-order valence-corrected chi connectivity index (χ2v) is 6.67. The molecule has 1 saturated heterocycles. The molecule has 0 amide bonds. The van der Waals surface area contributed by atoms with E-state index in [4.69, 9.17) is 0 Å². The lowest BCUT2D eigenvalue weighted by molar-refractivity contribution is 0.0201. The van der Waals surface area contributed by atoms with E-state index in [0.29, 0.717) is 6.54 Å². The summed E-state index contributed by atoms with van der Waals surface area (Å²) in [5.74, 6) is 0. The molecule has 0 aliphatic carbocycles. The molecule has 3 rings (SSSR count). The average Bonchev–Trinajstić information content (AvgIpc) is 2.58. The van der Waals surface area contributed by atoms with Gasteiger partial charge in [0, 0.05) is 32.7 Å². The van der Waals surface area contributed by atoms with Crippen molar-refractivity contribution in [1.82, 2.24) is 9.80 Å². The van der Waals surface area contributed by atoms with Crippen molar-refractivity contribution in [3.8, 4) is 0 Å². The number of β-amino-alcohol motifs (C(OH)–C–C–N with tert-alkyl or cyclic N) is 1. The standard InChI is InChI=1S/C20H26N2O/c1-17-8-10-19(11-9-17)20(23,18-6-4-3-5-7-18)16-22-14-12-21(2)13-15-22/h3-11,23H,12-16H2,1-2H3. The minimum Gasteiger partial charge on any atom is -0.379 e. The zero-order valence-electron chi connectivity index (χ0n) is 14.1. The Balaban J connectivity index is 1.92. The molecular formula is C20H26N2O. The van der Waals surface area contributed by atoms with Crippen LogP contribution < -0.4 is 0 Å². The van der Waals surface area contributed by atoms with Crippen LogP contribution in [0.25, 0.3) is 0 Å². The number of rotatable bonds is 4. The van der Waals surface area contributed by atoms with E-state index in [9.17, 15) is 5.11 Å². The maximum absolute atomic E-state index is 11.6. The molecule has 1 aliphatic heterocycles. The van der Waals surface area contributed by atoms with Crippen LogP contribution in [0.2, 0.25) is 0 Å². The van der Waals surface area contributed by atoms with Crippen molar-refractivity contribution in [3.05, 3.63) is 71.3 Å². The zero-order chi connectivity index (χ0) is 16.3. The van der Waals surface area contributed by atoms with Gasteiger partial charge in [0.2, 0.25) is 0 Å². The van der Waals surface area contributed by atoms with Crippen molar-refractivity contribution in [2.24, 2.45) is 0 Å². The summed E-state index contributed by atoms with van der Waals surface area (Å²) in [6, 6.07) is 18.3. The summed E-state index contributed by atoms with van der Waals surface area (Å²) >= 11 is 0. The van der Waals surface area contributed by atoms with E-state index in [2.05, 4.69) is 48.0 Å². The highest BCUT2D eigenvalue weighted by Crippen LogP contribution is 2.31. The van der Waals surface area contributed by atoms with Crippen LogP contribution in [0, 0.1) is 6.92 Å². The number of benzene rings is 2. The van der Waals surface area contributed by atoms with Gasteiger partial charge in [0.05, 0.1) is 0 Å². The first kappa shape index (κ1) is 16.2. The smallest absolute Gasteiger partial charge is 0.127 e. The fraction of sp³-hybridized carbons (Fsp3) is 0.400. The second kappa shape index (κ2) is 6.83. The Kier molecular flexibility index (Phi) is 4.81. The maximum atomic E-state index is 11.6. The Bertz CT molecular complexity index is 618. The SMILES string of the molecule is Cc1ccc(C(O)(CN2CCN(C)CC2)c2ccccc2)cc1. The third kappa shape index (κ3) is 3.63. The molecule has 0 bridgehead atoms. The molecule has 1 aliphatic rings. The van der Waals surface area contributed by atoms with Crippen molar-refractivity contribution in [2.45, 2.75) is 12.5 Å². The summed E-state index contributed by atoms with van der Waals surface area (Å²) < 4.78 is 0. The summed E-state index contributed by atoms with van der Waals surface area (Å²) in [5.41, 5.74) is 2.17. The van der Waals surface area contributed by atoms with Gasteiger partial charge in [-0.05, 0) is 25.1 Å². The van der Waals surface area contributed by atoms with Crippen LogP contribution in [-0.4, -0.2) is 54.7 Å². The van der Waals surface area contributed by atoms with E-state index in [1.54, 1.807) is 0 Å². The Morgan fingerprint density at radius 3 is 2.04 bits per heavy atom. The quantitative estimate of drug-likeness (QED) is 0.940. The number of likely N-dealkylation sites (N-methyl/N-ethyl adjacent to an activating group) is 1. The fourth-order valence-corrected chi connectivity index (χ4v) is 3.22. The lowest BCUT2D eigenvalue weighted by Gasteiger charge is -2.39. The lowest BCUT2D eigenvalue weighted by Crippen LogP contribution is -2.50. The van der Waals surface area contributed by atoms with Gasteiger partial charge in [-0.25, -0.2) is 0 Å². The van der Waals surface area contributed by atoms with E-state index in [1.165, 1.54) is 5.56 Å². The number of piperazine rings is 1. The molecule has 122 valence electrons. The van der Waals surface area contributed by atoms with Crippen LogP contribution in [-0.2, 0) is 5.60 Å². The Morgan fingerprint density at radius 2 is 1.43 bits per heavy atom. The van der Waals surface area contributed by atoms with E-state index in [-0.39, 0.29) is 0 Å². The number of aryl methyl sites for hydroxylation is 1. The van der Waals surface area contributed by atoms with Gasteiger partial charge in [0.15, 0.2) is 0 Å². The van der Waals surface area contributed by atoms with Gasteiger partial charge >= 0.3 is 0 Å². The Labute approximate surface area is 139 Å². The van der Waals surface area contributed by atoms with Crippen LogP contribution in [0.4, 0.5) is 0 Å². The fourth-order valence-electron chi connectivity index (χ4n) is 3.22. The monoisotopic (exact) mass is 310 g/mol. The summed E-state index contributed by atoms with van der Waals surface area (Å²) in [6.45, 7) is 6.81. The van der Waals surface area contributed by atoms with Crippen molar-refractivity contribution in [1.29, 1.82) is 0 Å². The number of hydrogen-bond acceptors (Lipinski definition) is 3. The minimum atomic E-state index is -0.967. The van der Waals surface area contributed by atoms with Gasteiger partial charge in [-0.1, -0.05) is 60.2 Å². The normalized spacial score (nSPS) is 19.4. The third-order valence-electron chi connectivity index (χ3n) is 4.83. The number of nitrogens with zero attached hydrogens (tertiary/aromatic N) is 2. The summed E-state index contributed by atoms with van der Waals surface area (Å²) in [7, 11) is 2.15. The molecule has 2 aromatic rings. The molecule has 1 unspecified atom stereocenters. The van der Waals surface area contributed by atoms with Gasteiger partial charge in [0.1, 0.15) is 5.60 Å². The molecular weight excluding hydrogens is 284 g/mol. The average molecular weight is 310 g/mol. The van der Waals surface area contributed by atoms with Gasteiger partial charge in [-0.15, -0.1) is 0 Å². The predicted octanol–water partition coefficient (Wildman–Crippen LogP) is 2.48. The van der Waals surface area contributed by atoms with Crippen molar-refractivity contribution in [3.63, 3.8) is 0 Å². The third-order valence-corrected chi connectivity index (χ3v) is 4.83. The lowest BCUT2D eigenvalue weighted by atomic mass is 9.85. The van der Waals surface area contributed by atoms with Crippen molar-refractivity contribution in [2.75, 3.05) is 39.8 Å². The highest BCUT2D eigenvalue weighted by Gasteiger charge is 2.34. The van der Waals surface area contributed by atoms with Crippen LogP contribution in [0.5, 0.6) is 0 Å². The predicted molar refractivity (Wildman–Crippen MR) is 94.6 cm³/mol. The van der Waals surface area contributed by atoms with E-state index >= 15 is 0 Å². The largest absolute Gasteiger partial charge is 0.379 e. The molecule has 3 nitrogen and oxygen atoms in total. The van der Waals surface area contributed by atoms with Gasteiger partial charge in [-0.2, -0.15) is 0 Å². The molecule has 2 aromatic carbocycles. The van der Waals surface area contributed by atoms with Crippen LogP contribution in [0.3, 0.4) is 0 Å². The zero-order valence-corrected chi connectivity index (χ0v) is 14.1. The molecule has 0 spiro atoms. The number of aliphatic hydroxyl groups is 1. The summed E-state index contributed by atoms with van der Waals surface area (Å²) in [5, 5.41) is 11.6. The molecule has 1 atom stereocenters. The highest BCUT2D eigenvalue weighted by molar-refractivity contribution is 5.37. The molecule has 0 radical (unpaired) electrons.